The summed E-state index contributed by atoms with van der Waals surface area (Å²) in [5.41, 5.74) is 1.52. The maximum atomic E-state index is 3.70. The van der Waals surface area contributed by atoms with Crippen LogP contribution in [-0.2, 0) is 6.54 Å². The Balaban J connectivity index is 2.13. The number of hydrogen-bond donors (Lipinski definition) is 1. The fraction of sp³-hybridized carbons (Fsp3) is 0.375. The third-order valence-corrected chi connectivity index (χ3v) is 6.43. The predicted octanol–water partition coefficient (Wildman–Crippen LogP) is 6.15. The molecule has 2 rings (SSSR count). The summed E-state index contributed by atoms with van der Waals surface area (Å²) in [6.07, 6.45) is 0. The summed E-state index contributed by atoms with van der Waals surface area (Å²) in [7, 11) is 0. The maximum absolute atomic E-state index is 3.70. The third-order valence-electron chi connectivity index (χ3n) is 3.18. The van der Waals surface area contributed by atoms with Gasteiger partial charge in [0, 0.05) is 21.9 Å². The van der Waals surface area contributed by atoms with Crippen LogP contribution in [0.25, 0.3) is 0 Å². The van der Waals surface area contributed by atoms with Crippen LogP contribution in [0.5, 0.6) is 0 Å². The molecule has 0 spiro atoms. The van der Waals surface area contributed by atoms with Crippen LogP contribution in [0.4, 0.5) is 0 Å². The van der Waals surface area contributed by atoms with Gasteiger partial charge in [0.25, 0.3) is 0 Å². The molecular weight excluding hydrogens is 398 g/mol. The van der Waals surface area contributed by atoms with E-state index in [9.17, 15) is 0 Å². The first-order chi connectivity index (χ1) is 9.38. The first-order valence-corrected chi connectivity index (χ1v) is 9.00. The number of nitrogens with one attached hydrogen (secondary N) is 1. The van der Waals surface area contributed by atoms with Crippen molar-refractivity contribution in [2.75, 3.05) is 0 Å². The lowest BCUT2D eigenvalue weighted by atomic mass is 9.82. The molecule has 1 N–H and O–H groups in total. The molecule has 2 aromatic rings. The second-order valence-corrected chi connectivity index (χ2v) is 9.23. The molecule has 0 fully saturated rings. The fourth-order valence-corrected chi connectivity index (χ4v) is 4.38. The van der Waals surface area contributed by atoms with Crippen molar-refractivity contribution in [2.24, 2.45) is 5.41 Å². The molecule has 0 aliphatic carbocycles. The monoisotopic (exact) mass is 415 g/mol. The number of benzene rings is 1. The van der Waals surface area contributed by atoms with E-state index in [2.05, 4.69) is 94.3 Å². The predicted molar refractivity (Wildman–Crippen MR) is 95.2 cm³/mol. The van der Waals surface area contributed by atoms with Gasteiger partial charge in [-0.05, 0) is 48.9 Å². The molecule has 4 heteroatoms. The van der Waals surface area contributed by atoms with Crippen molar-refractivity contribution in [1.29, 1.82) is 0 Å². The molecule has 0 saturated carbocycles. The molecule has 0 bridgehead atoms. The minimum atomic E-state index is 0.174. The Kier molecular flexibility index (Phi) is 5.46. The fourth-order valence-electron chi connectivity index (χ4n) is 2.25. The van der Waals surface area contributed by atoms with Crippen molar-refractivity contribution in [1.82, 2.24) is 5.32 Å². The van der Waals surface area contributed by atoms with Gasteiger partial charge >= 0.3 is 0 Å². The smallest absolute Gasteiger partial charge is 0.0843 e. The second kappa shape index (κ2) is 6.73. The molecular formula is C16H19Br2NS. The van der Waals surface area contributed by atoms with Gasteiger partial charge in [-0.3, -0.25) is 0 Å². The minimum Gasteiger partial charge on any atom is -0.305 e. The topological polar surface area (TPSA) is 12.0 Å². The zero-order chi connectivity index (χ0) is 14.8. The number of thiophene rings is 1. The average Bonchev–Trinajstić information content (AvgIpc) is 2.68. The Hall–Kier alpha value is -0.160. The summed E-state index contributed by atoms with van der Waals surface area (Å²) < 4.78 is 2.28. The van der Waals surface area contributed by atoms with Gasteiger partial charge in [-0.2, -0.15) is 0 Å². The van der Waals surface area contributed by atoms with Crippen molar-refractivity contribution in [3.63, 3.8) is 0 Å². The van der Waals surface area contributed by atoms with Crippen molar-refractivity contribution >= 4 is 43.2 Å². The first kappa shape index (κ1) is 16.2. The summed E-state index contributed by atoms with van der Waals surface area (Å²) >= 11 is 8.86. The Morgan fingerprint density at radius 3 is 2.30 bits per heavy atom. The second-order valence-electron chi connectivity index (χ2n) is 5.92. The van der Waals surface area contributed by atoms with Gasteiger partial charge in [0.2, 0.25) is 0 Å². The molecule has 1 nitrogen and oxygen atoms in total. The Morgan fingerprint density at radius 1 is 1.15 bits per heavy atom. The van der Waals surface area contributed by atoms with Gasteiger partial charge in [-0.15, -0.1) is 11.3 Å². The van der Waals surface area contributed by atoms with Gasteiger partial charge in [0.15, 0.2) is 0 Å². The van der Waals surface area contributed by atoms with Gasteiger partial charge in [0.05, 0.1) is 3.79 Å². The van der Waals surface area contributed by atoms with Crippen LogP contribution < -0.4 is 5.32 Å². The lowest BCUT2D eigenvalue weighted by Crippen LogP contribution is -2.31. The van der Waals surface area contributed by atoms with Crippen LogP contribution in [0, 0.1) is 5.41 Å². The Bertz CT molecular complexity index is 538. The normalized spacial score (nSPS) is 13.4. The first-order valence-electron chi connectivity index (χ1n) is 6.60. The molecule has 0 amide bonds. The van der Waals surface area contributed by atoms with Crippen molar-refractivity contribution in [3.8, 4) is 0 Å². The third kappa shape index (κ3) is 4.17. The molecule has 20 heavy (non-hydrogen) atoms. The zero-order valence-electron chi connectivity index (χ0n) is 11.9. The summed E-state index contributed by atoms with van der Waals surface area (Å²) in [6, 6.07) is 13.2. The van der Waals surface area contributed by atoms with E-state index in [4.69, 9.17) is 0 Å². The molecule has 0 saturated heterocycles. The van der Waals surface area contributed by atoms with E-state index in [1.807, 2.05) is 0 Å². The van der Waals surface area contributed by atoms with E-state index in [1.54, 1.807) is 11.3 Å². The van der Waals surface area contributed by atoms with Gasteiger partial charge in [-0.25, -0.2) is 0 Å². The molecule has 0 aliphatic rings. The number of halogens is 2. The lowest BCUT2D eigenvalue weighted by Gasteiger charge is -2.32. The molecule has 1 aromatic heterocycles. The van der Waals surface area contributed by atoms with E-state index in [-0.39, 0.29) is 5.41 Å². The molecule has 1 aromatic carbocycles. The molecule has 1 unspecified atom stereocenters. The standard InChI is InChI=1S/C16H19Br2NS/c1-16(2,3)14(11-7-5-4-6-8-11)19-10-12-9-13(17)15(18)20-12/h4-9,14,19H,10H2,1-3H3. The summed E-state index contributed by atoms with van der Waals surface area (Å²) in [6.45, 7) is 7.71. The molecule has 1 atom stereocenters. The summed E-state index contributed by atoms with van der Waals surface area (Å²) in [5.74, 6) is 0. The Morgan fingerprint density at radius 2 is 1.80 bits per heavy atom. The summed E-state index contributed by atoms with van der Waals surface area (Å²) in [4.78, 5) is 1.33. The van der Waals surface area contributed by atoms with Crippen LogP contribution in [0.1, 0.15) is 37.3 Å². The molecule has 0 aliphatic heterocycles. The van der Waals surface area contributed by atoms with Crippen LogP contribution in [0.3, 0.4) is 0 Å². The quantitative estimate of drug-likeness (QED) is 0.629. The van der Waals surface area contributed by atoms with Crippen LogP contribution >= 0.6 is 43.2 Å². The number of hydrogen-bond acceptors (Lipinski definition) is 2. The molecule has 108 valence electrons. The number of rotatable bonds is 4. The maximum Gasteiger partial charge on any atom is 0.0843 e. The lowest BCUT2D eigenvalue weighted by molar-refractivity contribution is 0.271. The van der Waals surface area contributed by atoms with Crippen molar-refractivity contribution in [3.05, 3.63) is 55.1 Å². The van der Waals surface area contributed by atoms with Gasteiger partial charge in [-0.1, -0.05) is 51.1 Å². The van der Waals surface area contributed by atoms with Crippen molar-refractivity contribution in [2.45, 2.75) is 33.4 Å². The molecule has 0 radical (unpaired) electrons. The Labute approximate surface area is 142 Å². The van der Waals surface area contributed by atoms with E-state index in [0.29, 0.717) is 6.04 Å². The zero-order valence-corrected chi connectivity index (χ0v) is 15.9. The van der Waals surface area contributed by atoms with E-state index in [0.717, 1.165) is 14.8 Å². The van der Waals surface area contributed by atoms with E-state index >= 15 is 0 Å². The largest absolute Gasteiger partial charge is 0.305 e. The molecule has 1 heterocycles. The van der Waals surface area contributed by atoms with Gasteiger partial charge in [0.1, 0.15) is 0 Å². The van der Waals surface area contributed by atoms with Gasteiger partial charge < -0.3 is 5.32 Å². The highest BCUT2D eigenvalue weighted by Gasteiger charge is 2.25. The van der Waals surface area contributed by atoms with Crippen LogP contribution in [0.15, 0.2) is 44.7 Å². The van der Waals surface area contributed by atoms with Crippen LogP contribution in [0.2, 0.25) is 0 Å². The summed E-state index contributed by atoms with van der Waals surface area (Å²) in [5, 5.41) is 3.70. The SMILES string of the molecule is CC(C)(C)C(NCc1cc(Br)c(Br)s1)c1ccccc1. The van der Waals surface area contributed by atoms with E-state index in [1.165, 1.54) is 10.4 Å². The van der Waals surface area contributed by atoms with E-state index < -0.39 is 0 Å². The average molecular weight is 417 g/mol. The van der Waals surface area contributed by atoms with Crippen molar-refractivity contribution < 1.29 is 0 Å². The highest BCUT2D eigenvalue weighted by molar-refractivity contribution is 9.13. The highest BCUT2D eigenvalue weighted by atomic mass is 79.9. The highest BCUT2D eigenvalue weighted by Crippen LogP contribution is 2.35. The minimum absolute atomic E-state index is 0.174. The van der Waals surface area contributed by atoms with Crippen LogP contribution in [-0.4, -0.2) is 0 Å².